The Morgan fingerprint density at radius 1 is 1.56 bits per heavy atom. The standard InChI is InChI=1S/C12H20N4O2/c1-8-9(6-11(18-8)12(17)15-14)7-16-4-2-10(13)3-5-16/h6,10H,2-5,7,13-14H2,1H3,(H,15,17). The molecule has 100 valence electrons. The Morgan fingerprint density at radius 3 is 2.83 bits per heavy atom. The van der Waals surface area contributed by atoms with Crippen LogP contribution in [0.1, 0.15) is 34.7 Å². The molecule has 1 aliphatic rings. The summed E-state index contributed by atoms with van der Waals surface area (Å²) in [6.07, 6.45) is 2.04. The van der Waals surface area contributed by atoms with Crippen molar-refractivity contribution in [1.82, 2.24) is 10.3 Å². The van der Waals surface area contributed by atoms with Crippen LogP contribution in [0.25, 0.3) is 0 Å². The molecule has 1 amide bonds. The summed E-state index contributed by atoms with van der Waals surface area (Å²) < 4.78 is 5.39. The highest BCUT2D eigenvalue weighted by atomic mass is 16.4. The number of likely N-dealkylation sites (tertiary alicyclic amines) is 1. The van der Waals surface area contributed by atoms with Gasteiger partial charge in [0.2, 0.25) is 0 Å². The highest BCUT2D eigenvalue weighted by molar-refractivity contribution is 5.91. The molecular weight excluding hydrogens is 232 g/mol. The maximum Gasteiger partial charge on any atom is 0.300 e. The predicted octanol–water partition coefficient (Wildman–Crippen LogP) is 0.115. The molecule has 0 atom stereocenters. The maximum atomic E-state index is 11.4. The van der Waals surface area contributed by atoms with Crippen molar-refractivity contribution >= 4 is 5.91 Å². The molecule has 0 aliphatic carbocycles. The Bertz CT molecular complexity index is 422. The first kappa shape index (κ1) is 13.1. The summed E-state index contributed by atoms with van der Waals surface area (Å²) in [5.41, 5.74) is 8.97. The first-order valence-electron chi connectivity index (χ1n) is 6.18. The number of piperidine rings is 1. The van der Waals surface area contributed by atoms with Crippen molar-refractivity contribution in [1.29, 1.82) is 0 Å². The number of nitrogens with two attached hydrogens (primary N) is 2. The topological polar surface area (TPSA) is 97.5 Å². The predicted molar refractivity (Wildman–Crippen MR) is 67.6 cm³/mol. The lowest BCUT2D eigenvalue weighted by atomic mass is 10.1. The van der Waals surface area contributed by atoms with E-state index >= 15 is 0 Å². The summed E-state index contributed by atoms with van der Waals surface area (Å²) in [6, 6.07) is 2.08. The van der Waals surface area contributed by atoms with E-state index in [-0.39, 0.29) is 5.76 Å². The monoisotopic (exact) mass is 252 g/mol. The highest BCUT2D eigenvalue weighted by Gasteiger charge is 2.19. The first-order chi connectivity index (χ1) is 8.60. The van der Waals surface area contributed by atoms with Gasteiger partial charge < -0.3 is 10.2 Å². The van der Waals surface area contributed by atoms with E-state index < -0.39 is 5.91 Å². The number of aryl methyl sites for hydroxylation is 1. The van der Waals surface area contributed by atoms with E-state index in [0.717, 1.165) is 43.8 Å². The second-order valence-electron chi connectivity index (χ2n) is 4.78. The van der Waals surface area contributed by atoms with Crippen molar-refractivity contribution in [3.63, 3.8) is 0 Å². The average molecular weight is 252 g/mol. The van der Waals surface area contributed by atoms with Gasteiger partial charge in [0.1, 0.15) is 5.76 Å². The summed E-state index contributed by atoms with van der Waals surface area (Å²) in [5, 5.41) is 0. The van der Waals surface area contributed by atoms with E-state index in [1.807, 2.05) is 6.92 Å². The second kappa shape index (κ2) is 5.51. The van der Waals surface area contributed by atoms with Crippen LogP contribution in [-0.4, -0.2) is 29.9 Å². The highest BCUT2D eigenvalue weighted by Crippen LogP contribution is 2.19. The van der Waals surface area contributed by atoms with Gasteiger partial charge in [-0.25, -0.2) is 5.84 Å². The minimum Gasteiger partial charge on any atom is -0.456 e. The Labute approximate surface area is 106 Å². The fraction of sp³-hybridized carbons (Fsp3) is 0.583. The number of nitrogens with zero attached hydrogens (tertiary/aromatic N) is 1. The fourth-order valence-electron chi connectivity index (χ4n) is 2.21. The largest absolute Gasteiger partial charge is 0.456 e. The number of rotatable bonds is 3. The molecule has 1 aromatic rings. The van der Waals surface area contributed by atoms with Crippen LogP contribution in [0.5, 0.6) is 0 Å². The van der Waals surface area contributed by atoms with E-state index in [0.29, 0.717) is 6.04 Å². The van der Waals surface area contributed by atoms with E-state index in [4.69, 9.17) is 16.0 Å². The van der Waals surface area contributed by atoms with Gasteiger partial charge in [0.15, 0.2) is 5.76 Å². The van der Waals surface area contributed by atoms with Gasteiger partial charge in [-0.3, -0.25) is 15.1 Å². The summed E-state index contributed by atoms with van der Waals surface area (Å²) in [5.74, 6) is 5.71. The Morgan fingerprint density at radius 2 is 2.22 bits per heavy atom. The number of carbonyl (C=O) groups is 1. The number of carbonyl (C=O) groups excluding carboxylic acids is 1. The minimum absolute atomic E-state index is 0.263. The zero-order chi connectivity index (χ0) is 13.1. The molecule has 0 saturated carbocycles. The summed E-state index contributed by atoms with van der Waals surface area (Å²) in [7, 11) is 0. The molecule has 5 N–H and O–H groups in total. The molecule has 0 radical (unpaired) electrons. The lowest BCUT2D eigenvalue weighted by Gasteiger charge is -2.29. The Hall–Kier alpha value is -1.37. The number of hydrogen-bond acceptors (Lipinski definition) is 5. The SMILES string of the molecule is Cc1oc(C(=O)NN)cc1CN1CCC(N)CC1. The quantitative estimate of drug-likeness (QED) is 0.403. The van der Waals surface area contributed by atoms with Crippen LogP contribution in [0.3, 0.4) is 0 Å². The molecule has 6 heteroatoms. The first-order valence-corrected chi connectivity index (χ1v) is 6.18. The molecule has 1 aliphatic heterocycles. The molecule has 1 aromatic heterocycles. The van der Waals surface area contributed by atoms with Gasteiger partial charge in [-0.2, -0.15) is 0 Å². The maximum absolute atomic E-state index is 11.4. The fourth-order valence-corrected chi connectivity index (χ4v) is 2.21. The van der Waals surface area contributed by atoms with Crippen LogP contribution in [0.15, 0.2) is 10.5 Å². The number of nitrogens with one attached hydrogen (secondary N) is 1. The summed E-state index contributed by atoms with van der Waals surface area (Å²) >= 11 is 0. The third-order valence-electron chi connectivity index (χ3n) is 3.40. The third-order valence-corrected chi connectivity index (χ3v) is 3.40. The van der Waals surface area contributed by atoms with Crippen molar-refractivity contribution in [2.45, 2.75) is 32.4 Å². The Kier molecular flexibility index (Phi) is 4.00. The second-order valence-corrected chi connectivity index (χ2v) is 4.78. The molecule has 6 nitrogen and oxygen atoms in total. The molecule has 2 heterocycles. The smallest absolute Gasteiger partial charge is 0.300 e. The van der Waals surface area contributed by atoms with Gasteiger partial charge in [-0.15, -0.1) is 0 Å². The zero-order valence-corrected chi connectivity index (χ0v) is 10.6. The van der Waals surface area contributed by atoms with Crippen molar-refractivity contribution in [2.75, 3.05) is 13.1 Å². The van der Waals surface area contributed by atoms with Crippen molar-refractivity contribution in [3.8, 4) is 0 Å². The van der Waals surface area contributed by atoms with E-state index in [1.165, 1.54) is 0 Å². The Balaban J connectivity index is 2.01. The number of hydrogen-bond donors (Lipinski definition) is 3. The molecule has 18 heavy (non-hydrogen) atoms. The van der Waals surface area contributed by atoms with Crippen LogP contribution in [-0.2, 0) is 6.54 Å². The molecule has 0 spiro atoms. The summed E-state index contributed by atoms with van der Waals surface area (Å²) in [4.78, 5) is 13.7. The van der Waals surface area contributed by atoms with Crippen molar-refractivity contribution in [2.24, 2.45) is 11.6 Å². The zero-order valence-electron chi connectivity index (χ0n) is 10.6. The number of nitrogen functional groups attached to an aromatic ring is 1. The average Bonchev–Trinajstić information content (AvgIpc) is 2.73. The summed E-state index contributed by atoms with van der Waals surface area (Å²) in [6.45, 7) is 4.63. The van der Waals surface area contributed by atoms with E-state index in [1.54, 1.807) is 6.07 Å². The molecular formula is C12H20N4O2. The third kappa shape index (κ3) is 2.90. The van der Waals surface area contributed by atoms with Gasteiger partial charge in [-0.05, 0) is 38.9 Å². The van der Waals surface area contributed by atoms with Crippen molar-refractivity contribution < 1.29 is 9.21 Å². The van der Waals surface area contributed by atoms with Gasteiger partial charge in [0.05, 0.1) is 0 Å². The molecule has 0 bridgehead atoms. The number of hydrazine groups is 1. The van der Waals surface area contributed by atoms with Gasteiger partial charge in [-0.1, -0.05) is 0 Å². The van der Waals surface area contributed by atoms with Crippen LogP contribution in [0.2, 0.25) is 0 Å². The molecule has 1 saturated heterocycles. The molecule has 1 fully saturated rings. The van der Waals surface area contributed by atoms with Crippen LogP contribution in [0.4, 0.5) is 0 Å². The number of amides is 1. The van der Waals surface area contributed by atoms with Gasteiger partial charge in [0, 0.05) is 18.2 Å². The molecule has 0 aromatic carbocycles. The van der Waals surface area contributed by atoms with Crippen LogP contribution in [0, 0.1) is 6.92 Å². The molecule has 2 rings (SSSR count). The van der Waals surface area contributed by atoms with Gasteiger partial charge >= 0.3 is 5.91 Å². The minimum atomic E-state index is -0.398. The lowest BCUT2D eigenvalue weighted by Crippen LogP contribution is -2.39. The van der Waals surface area contributed by atoms with E-state index in [2.05, 4.69) is 10.3 Å². The molecule has 0 unspecified atom stereocenters. The van der Waals surface area contributed by atoms with E-state index in [9.17, 15) is 4.79 Å². The number of furan rings is 1. The lowest BCUT2D eigenvalue weighted by molar-refractivity contribution is 0.0924. The van der Waals surface area contributed by atoms with Gasteiger partial charge in [0.25, 0.3) is 0 Å². The van der Waals surface area contributed by atoms with Crippen molar-refractivity contribution in [3.05, 3.63) is 23.2 Å². The van der Waals surface area contributed by atoms with Crippen LogP contribution >= 0.6 is 0 Å². The van der Waals surface area contributed by atoms with Crippen LogP contribution < -0.4 is 17.0 Å². The normalized spacial score (nSPS) is 17.9.